The number of hydrogen-bond donors (Lipinski definition) is 3. The molecule has 2 atom stereocenters. The van der Waals surface area contributed by atoms with Gasteiger partial charge in [0.15, 0.2) is 0 Å². The van der Waals surface area contributed by atoms with Crippen LogP contribution in [0.25, 0.3) is 0 Å². The monoisotopic (exact) mass is 282 g/mol. The third-order valence-electron chi connectivity index (χ3n) is 2.94. The molecule has 0 aliphatic heterocycles. The highest BCUT2D eigenvalue weighted by Crippen LogP contribution is 2.15. The van der Waals surface area contributed by atoms with Crippen molar-refractivity contribution in [3.63, 3.8) is 0 Å². The number of amides is 2. The Morgan fingerprint density at radius 2 is 1.75 bits per heavy atom. The van der Waals surface area contributed by atoms with Crippen molar-refractivity contribution in [2.75, 3.05) is 0 Å². The maximum atomic E-state index is 13.5. The summed E-state index contributed by atoms with van der Waals surface area (Å²) in [5, 5.41) is 13.9. The average Bonchev–Trinajstić information content (AvgIpc) is 2.35. The minimum Gasteiger partial charge on any atom is -0.480 e. The van der Waals surface area contributed by atoms with Crippen LogP contribution in [0.3, 0.4) is 0 Å². The van der Waals surface area contributed by atoms with Crippen LogP contribution < -0.4 is 10.6 Å². The number of benzene rings is 1. The van der Waals surface area contributed by atoms with Gasteiger partial charge in [-0.25, -0.2) is 14.0 Å². The van der Waals surface area contributed by atoms with E-state index < -0.39 is 29.9 Å². The Kier molecular flexibility index (Phi) is 5.49. The summed E-state index contributed by atoms with van der Waals surface area (Å²) in [6.45, 7) is 5.02. The highest BCUT2D eigenvalue weighted by molar-refractivity contribution is 5.82. The Hall–Kier alpha value is -2.11. The topological polar surface area (TPSA) is 78.4 Å². The summed E-state index contributed by atoms with van der Waals surface area (Å²) in [6, 6.07) is 3.92. The van der Waals surface area contributed by atoms with Crippen LogP contribution in [0.15, 0.2) is 24.3 Å². The fourth-order valence-electron chi connectivity index (χ4n) is 1.80. The quantitative estimate of drug-likeness (QED) is 0.775. The number of nitrogens with one attached hydrogen (secondary N) is 2. The van der Waals surface area contributed by atoms with E-state index in [1.54, 1.807) is 39.0 Å². The molecule has 110 valence electrons. The van der Waals surface area contributed by atoms with Crippen LogP contribution >= 0.6 is 0 Å². The summed E-state index contributed by atoms with van der Waals surface area (Å²) in [6.07, 6.45) is 0. The maximum Gasteiger partial charge on any atom is 0.326 e. The molecule has 0 saturated carbocycles. The Morgan fingerprint density at radius 1 is 1.15 bits per heavy atom. The van der Waals surface area contributed by atoms with Crippen molar-refractivity contribution in [3.8, 4) is 0 Å². The molecule has 5 nitrogen and oxygen atoms in total. The number of halogens is 1. The fraction of sp³-hybridized carbons (Fsp3) is 0.429. The van der Waals surface area contributed by atoms with Gasteiger partial charge in [-0.15, -0.1) is 0 Å². The molecule has 2 amide bonds. The number of hydrogen-bond acceptors (Lipinski definition) is 2. The van der Waals surface area contributed by atoms with E-state index in [2.05, 4.69) is 10.6 Å². The van der Waals surface area contributed by atoms with Gasteiger partial charge in [0.25, 0.3) is 0 Å². The number of carboxylic acids is 1. The number of rotatable bonds is 5. The first-order valence-corrected chi connectivity index (χ1v) is 6.37. The predicted molar refractivity (Wildman–Crippen MR) is 72.7 cm³/mol. The van der Waals surface area contributed by atoms with Gasteiger partial charge in [-0.05, 0) is 18.9 Å². The van der Waals surface area contributed by atoms with Crippen molar-refractivity contribution >= 4 is 12.0 Å². The highest BCUT2D eigenvalue weighted by Gasteiger charge is 2.24. The molecular formula is C14H19FN2O3. The SMILES string of the molecule is CC(NC(=O)NC(C(=O)O)C(C)C)c1ccccc1F. The Balaban J connectivity index is 2.67. The van der Waals surface area contributed by atoms with Gasteiger partial charge in [0.1, 0.15) is 11.9 Å². The first-order valence-electron chi connectivity index (χ1n) is 6.37. The lowest BCUT2D eigenvalue weighted by Crippen LogP contribution is -2.49. The molecule has 1 aromatic rings. The van der Waals surface area contributed by atoms with Crippen LogP contribution in [0.5, 0.6) is 0 Å². The zero-order valence-corrected chi connectivity index (χ0v) is 11.7. The minimum atomic E-state index is -1.10. The smallest absolute Gasteiger partial charge is 0.326 e. The molecule has 0 aromatic heterocycles. The number of carbonyl (C=O) groups is 2. The lowest BCUT2D eigenvalue weighted by molar-refractivity contribution is -0.140. The molecule has 0 saturated heterocycles. The summed E-state index contributed by atoms with van der Waals surface area (Å²) in [5.74, 6) is -1.77. The van der Waals surface area contributed by atoms with Gasteiger partial charge in [0, 0.05) is 5.56 Å². The van der Waals surface area contributed by atoms with Crippen molar-refractivity contribution < 1.29 is 19.1 Å². The van der Waals surface area contributed by atoms with Gasteiger partial charge in [-0.3, -0.25) is 0 Å². The van der Waals surface area contributed by atoms with Crippen molar-refractivity contribution in [2.45, 2.75) is 32.9 Å². The predicted octanol–water partition coefficient (Wildman–Crippen LogP) is 2.30. The van der Waals surface area contributed by atoms with Crippen molar-refractivity contribution in [1.82, 2.24) is 10.6 Å². The van der Waals surface area contributed by atoms with E-state index >= 15 is 0 Å². The molecule has 0 fully saturated rings. The van der Waals surface area contributed by atoms with Gasteiger partial charge in [-0.1, -0.05) is 32.0 Å². The van der Waals surface area contributed by atoms with Crippen LogP contribution in [0.2, 0.25) is 0 Å². The third-order valence-corrected chi connectivity index (χ3v) is 2.94. The van der Waals surface area contributed by atoms with E-state index in [4.69, 9.17) is 5.11 Å². The van der Waals surface area contributed by atoms with Crippen LogP contribution in [0.1, 0.15) is 32.4 Å². The van der Waals surface area contributed by atoms with Gasteiger partial charge in [0.2, 0.25) is 0 Å². The molecule has 1 aromatic carbocycles. The second-order valence-corrected chi connectivity index (χ2v) is 4.92. The van der Waals surface area contributed by atoms with Crippen LogP contribution in [0.4, 0.5) is 9.18 Å². The van der Waals surface area contributed by atoms with Gasteiger partial charge in [-0.2, -0.15) is 0 Å². The largest absolute Gasteiger partial charge is 0.480 e. The molecular weight excluding hydrogens is 263 g/mol. The molecule has 1 rings (SSSR count). The summed E-state index contributed by atoms with van der Waals surface area (Å²) in [7, 11) is 0. The average molecular weight is 282 g/mol. The van der Waals surface area contributed by atoms with E-state index in [-0.39, 0.29) is 5.92 Å². The first-order chi connectivity index (χ1) is 9.32. The van der Waals surface area contributed by atoms with Crippen LogP contribution in [0, 0.1) is 11.7 Å². The molecule has 0 aliphatic rings. The molecule has 0 spiro atoms. The number of carbonyl (C=O) groups excluding carboxylic acids is 1. The number of urea groups is 1. The lowest BCUT2D eigenvalue weighted by Gasteiger charge is -2.21. The maximum absolute atomic E-state index is 13.5. The van der Waals surface area contributed by atoms with Gasteiger partial charge >= 0.3 is 12.0 Å². The van der Waals surface area contributed by atoms with Crippen molar-refractivity contribution in [1.29, 1.82) is 0 Å². The zero-order valence-electron chi connectivity index (χ0n) is 11.7. The Morgan fingerprint density at radius 3 is 2.25 bits per heavy atom. The number of aliphatic carboxylic acids is 1. The molecule has 6 heteroatoms. The van der Waals surface area contributed by atoms with Crippen LogP contribution in [-0.2, 0) is 4.79 Å². The molecule has 0 bridgehead atoms. The summed E-state index contributed by atoms with van der Waals surface area (Å²) in [4.78, 5) is 22.7. The highest BCUT2D eigenvalue weighted by atomic mass is 19.1. The number of carboxylic acid groups (broad SMARTS) is 1. The molecule has 0 radical (unpaired) electrons. The molecule has 0 heterocycles. The van der Waals surface area contributed by atoms with Crippen molar-refractivity contribution in [3.05, 3.63) is 35.6 Å². The minimum absolute atomic E-state index is 0.248. The summed E-state index contributed by atoms with van der Waals surface area (Å²) in [5.41, 5.74) is 0.346. The molecule has 0 aliphatic carbocycles. The van der Waals surface area contributed by atoms with E-state index in [0.29, 0.717) is 5.56 Å². The van der Waals surface area contributed by atoms with E-state index in [9.17, 15) is 14.0 Å². The molecule has 3 N–H and O–H groups in total. The third kappa shape index (κ3) is 4.22. The normalized spacial score (nSPS) is 13.7. The first kappa shape index (κ1) is 15.9. The second-order valence-electron chi connectivity index (χ2n) is 4.92. The van der Waals surface area contributed by atoms with Gasteiger partial charge < -0.3 is 15.7 Å². The van der Waals surface area contributed by atoms with E-state index in [1.807, 2.05) is 0 Å². The Bertz CT molecular complexity index is 491. The Labute approximate surface area is 117 Å². The molecule has 2 unspecified atom stereocenters. The van der Waals surface area contributed by atoms with E-state index in [0.717, 1.165) is 0 Å². The summed E-state index contributed by atoms with van der Waals surface area (Å²) >= 11 is 0. The standard InChI is InChI=1S/C14H19FN2O3/c1-8(2)12(13(18)19)17-14(20)16-9(3)10-6-4-5-7-11(10)15/h4-9,12H,1-3H3,(H,18,19)(H2,16,17,20). The molecule has 20 heavy (non-hydrogen) atoms. The van der Waals surface area contributed by atoms with Crippen molar-refractivity contribution in [2.24, 2.45) is 5.92 Å². The zero-order chi connectivity index (χ0) is 15.3. The summed E-state index contributed by atoms with van der Waals surface area (Å²) < 4.78 is 13.5. The van der Waals surface area contributed by atoms with Gasteiger partial charge in [0.05, 0.1) is 6.04 Å². The second kappa shape index (κ2) is 6.88. The van der Waals surface area contributed by atoms with Crippen LogP contribution in [-0.4, -0.2) is 23.1 Å². The van der Waals surface area contributed by atoms with E-state index in [1.165, 1.54) is 6.07 Å². The lowest BCUT2D eigenvalue weighted by atomic mass is 10.1. The fourth-order valence-corrected chi connectivity index (χ4v) is 1.80.